The molecule has 10 heterocycles. The van der Waals surface area contributed by atoms with Crippen molar-refractivity contribution in [3.05, 3.63) is 253 Å². The zero-order valence-electron chi connectivity index (χ0n) is 64.5. The molecular formula is C83H98N10O15S. The number of Topliss-reactive ketones (excluding diaryl/α,β-unsaturated/α-hetero) is 5. The summed E-state index contributed by atoms with van der Waals surface area (Å²) in [5.41, 5.74) is 11.8. The first-order valence-electron chi connectivity index (χ1n) is 35.5. The van der Waals surface area contributed by atoms with Gasteiger partial charge in [-0.05, 0) is 117 Å². The van der Waals surface area contributed by atoms with Gasteiger partial charge in [-0.15, -0.1) is 11.3 Å². The van der Waals surface area contributed by atoms with E-state index in [1.165, 1.54) is 11.3 Å². The third-order valence-corrected chi connectivity index (χ3v) is 15.8. The van der Waals surface area contributed by atoms with Crippen LogP contribution in [-0.2, 0) is 55.8 Å². The number of ketones is 5. The van der Waals surface area contributed by atoms with Gasteiger partial charge in [-0.25, -0.2) is 29.9 Å². The summed E-state index contributed by atoms with van der Waals surface area (Å²) in [5.74, 6) is 2.83. The number of rotatable bonds is 37. The number of ether oxygens (including phenoxy) is 10. The highest BCUT2D eigenvalue weighted by molar-refractivity contribution is 7.09. The molecule has 0 spiro atoms. The van der Waals surface area contributed by atoms with Crippen LogP contribution in [0.25, 0.3) is 0 Å². The van der Waals surface area contributed by atoms with E-state index < -0.39 is 0 Å². The lowest BCUT2D eigenvalue weighted by Gasteiger charge is -2.09. The maximum absolute atomic E-state index is 12.4. The van der Waals surface area contributed by atoms with Gasteiger partial charge in [0, 0.05) is 182 Å². The molecule has 576 valence electrons. The van der Waals surface area contributed by atoms with E-state index in [1.54, 1.807) is 94.6 Å². The molecule has 0 aliphatic rings. The molecule has 0 N–H and O–H groups in total. The number of hydrogen-bond donors (Lipinski definition) is 0. The fourth-order valence-electron chi connectivity index (χ4n) is 9.71. The van der Waals surface area contributed by atoms with Crippen molar-refractivity contribution in [1.29, 1.82) is 0 Å². The molecule has 0 fully saturated rings. The Hall–Kier alpha value is -10.9. The lowest BCUT2D eigenvalue weighted by atomic mass is 10.1. The second kappa shape index (κ2) is 48.4. The predicted molar refractivity (Wildman–Crippen MR) is 414 cm³/mol. The first kappa shape index (κ1) is 87.0. The fraction of sp³-hybridized carbons (Fsp3) is 0.361. The lowest BCUT2D eigenvalue weighted by Crippen LogP contribution is -2.10. The Labute approximate surface area is 642 Å². The van der Waals surface area contributed by atoms with E-state index in [4.69, 9.17) is 47.4 Å². The molecule has 10 rings (SSSR count). The third-order valence-electron chi connectivity index (χ3n) is 14.9. The van der Waals surface area contributed by atoms with Crippen molar-refractivity contribution < 1.29 is 71.3 Å². The van der Waals surface area contributed by atoms with Crippen LogP contribution in [0.5, 0.6) is 28.7 Å². The summed E-state index contributed by atoms with van der Waals surface area (Å²) in [6.07, 6.45) is 8.06. The number of pyridine rings is 9. The summed E-state index contributed by atoms with van der Waals surface area (Å²) in [7, 11) is 4.85. The van der Waals surface area contributed by atoms with Gasteiger partial charge in [0.05, 0.1) is 65.1 Å². The molecular weight excluding hydrogens is 1410 g/mol. The molecule has 0 amide bonds. The number of carbonyl (C=O) groups is 5. The van der Waals surface area contributed by atoms with Crippen LogP contribution in [0.1, 0.15) is 139 Å². The minimum atomic E-state index is -0.0750. The first-order chi connectivity index (χ1) is 52.6. The zero-order valence-corrected chi connectivity index (χ0v) is 65.3. The minimum absolute atomic E-state index is 0.0513. The van der Waals surface area contributed by atoms with Crippen molar-refractivity contribution in [2.24, 2.45) is 0 Å². The van der Waals surface area contributed by atoms with Gasteiger partial charge in [0.2, 0.25) is 0 Å². The lowest BCUT2D eigenvalue weighted by molar-refractivity contribution is 0.0977. The molecule has 26 heteroatoms. The quantitative estimate of drug-likeness (QED) is 0.0258. The molecule has 109 heavy (non-hydrogen) atoms. The van der Waals surface area contributed by atoms with Gasteiger partial charge in [0.15, 0.2) is 28.9 Å². The van der Waals surface area contributed by atoms with Crippen LogP contribution in [0.4, 0.5) is 0 Å². The SMILES string of the molecule is CCOCCOc1cc(C)nc(C(=O)Cc2ccc(C)cn2)c1.CCOCCOc1cc(C)nc(C(=O)Cc2ccccn2)c1.COCCOc1cc(C)nc(C(=O)Cc2ccc(C)cn2)c1.COCCOc1cc(C)nc(C(=O)Cc2ccccn2)c1.COCCOc1cc(C)nc(C(=O)Cc2nc(C)cs2)c1. The van der Waals surface area contributed by atoms with E-state index in [0.717, 1.165) is 73.1 Å². The summed E-state index contributed by atoms with van der Waals surface area (Å²) in [4.78, 5) is 104. The Bertz CT molecular complexity index is 4440. The Kier molecular flexibility index (Phi) is 38.7. The van der Waals surface area contributed by atoms with Crippen LogP contribution in [0.15, 0.2) is 151 Å². The fourth-order valence-corrected chi connectivity index (χ4v) is 10.5. The van der Waals surface area contributed by atoms with Crippen LogP contribution in [-0.4, -0.2) is 179 Å². The first-order valence-corrected chi connectivity index (χ1v) is 36.4. The highest BCUT2D eigenvalue weighted by Crippen LogP contribution is 2.22. The van der Waals surface area contributed by atoms with Crippen LogP contribution in [0.3, 0.4) is 0 Å². The summed E-state index contributed by atoms with van der Waals surface area (Å²) < 4.78 is 53.1. The van der Waals surface area contributed by atoms with Gasteiger partial charge in [0.25, 0.3) is 0 Å². The van der Waals surface area contributed by atoms with Crippen molar-refractivity contribution in [2.75, 3.05) is 101 Å². The highest BCUT2D eigenvalue weighted by Gasteiger charge is 2.18. The Morgan fingerprint density at radius 1 is 0.321 bits per heavy atom. The molecule has 0 bridgehead atoms. The maximum atomic E-state index is 12.4. The Morgan fingerprint density at radius 3 is 0.862 bits per heavy atom. The van der Waals surface area contributed by atoms with E-state index in [-0.39, 0.29) is 61.0 Å². The molecule has 0 aliphatic heterocycles. The number of carbonyl (C=O) groups excluding carboxylic acids is 5. The van der Waals surface area contributed by atoms with Crippen molar-refractivity contribution in [3.8, 4) is 28.7 Å². The van der Waals surface area contributed by atoms with E-state index in [2.05, 4.69) is 49.8 Å². The molecule has 0 aliphatic carbocycles. The van der Waals surface area contributed by atoms with Gasteiger partial charge in [-0.2, -0.15) is 0 Å². The summed E-state index contributed by atoms with van der Waals surface area (Å²) in [6, 6.07) is 36.0. The molecule has 10 aromatic heterocycles. The average Bonchev–Trinajstić information content (AvgIpc) is 1.75. The van der Waals surface area contributed by atoms with Crippen LogP contribution in [0, 0.1) is 55.4 Å². The summed E-state index contributed by atoms with van der Waals surface area (Å²) >= 11 is 1.49. The van der Waals surface area contributed by atoms with Gasteiger partial charge in [-0.3, -0.25) is 43.9 Å². The molecule has 0 saturated heterocycles. The third kappa shape index (κ3) is 33.9. The van der Waals surface area contributed by atoms with Crippen LogP contribution >= 0.6 is 11.3 Å². The summed E-state index contributed by atoms with van der Waals surface area (Å²) in [6.45, 7) is 25.0. The van der Waals surface area contributed by atoms with E-state index in [0.29, 0.717) is 136 Å². The molecule has 10 aromatic rings. The molecule has 0 aromatic carbocycles. The number of aromatic nitrogens is 10. The molecule has 25 nitrogen and oxygen atoms in total. The molecule has 0 radical (unpaired) electrons. The van der Waals surface area contributed by atoms with Crippen molar-refractivity contribution in [2.45, 2.75) is 101 Å². The predicted octanol–water partition coefficient (Wildman–Crippen LogP) is 12.9. The van der Waals surface area contributed by atoms with Gasteiger partial charge in [-0.1, -0.05) is 24.3 Å². The molecule has 0 atom stereocenters. The average molecular weight is 1510 g/mol. The van der Waals surface area contributed by atoms with Crippen molar-refractivity contribution in [1.82, 2.24) is 49.8 Å². The second-order valence-electron chi connectivity index (χ2n) is 24.4. The Morgan fingerprint density at radius 2 is 0.615 bits per heavy atom. The number of thiazole rings is 1. The monoisotopic (exact) mass is 1510 g/mol. The standard InChI is InChI=1S/C18H22N2O3.2C17H20N2O3.C16H18N2O3.C15H18N2O3S/c1-4-22-7-8-23-16-9-14(3)20-17(11-16)18(21)10-15-6-5-13(2)12-19-15;1-12-4-5-14(18-11-12)9-17(20)16-10-15(8-13(2)19-16)22-7-6-21-3;1-3-21-8-9-22-15-10-13(2)19-16(12-15)17(20)11-14-6-4-5-7-18-14;1-12-9-14(21-8-7-20-2)11-15(18-12)16(19)10-13-5-3-4-6-17-13;1-10-6-12(20-5-4-19-3)7-13(16-10)14(18)8-15-17-11(2)9-21-15/h5-6,9,11-12H,4,7-8,10H2,1-3H3;4-5,8,10-11H,6-7,9H2,1-3H3;4-7,10,12H,3,8-9,11H2,1-2H3;3-6,9,11H,7-8,10H2,1-2H3;6-7,9H,4-5,8H2,1-3H3. The maximum Gasteiger partial charge on any atom is 0.188 e. The minimum Gasteiger partial charge on any atom is -0.491 e. The normalized spacial score (nSPS) is 10.5. The highest BCUT2D eigenvalue weighted by atomic mass is 32.1. The van der Waals surface area contributed by atoms with Crippen LogP contribution < -0.4 is 23.7 Å². The van der Waals surface area contributed by atoms with Crippen molar-refractivity contribution >= 4 is 40.3 Å². The van der Waals surface area contributed by atoms with E-state index in [9.17, 15) is 24.0 Å². The number of hydrogen-bond acceptors (Lipinski definition) is 26. The number of methoxy groups -OCH3 is 3. The molecule has 0 saturated carbocycles. The zero-order chi connectivity index (χ0) is 78.7. The topological polar surface area (TPSA) is 307 Å². The number of nitrogens with zero attached hydrogens (tertiary/aromatic N) is 10. The van der Waals surface area contributed by atoms with Gasteiger partial charge >= 0.3 is 0 Å². The smallest absolute Gasteiger partial charge is 0.188 e. The van der Waals surface area contributed by atoms with Crippen LogP contribution in [0.2, 0.25) is 0 Å². The number of aryl methyl sites for hydroxylation is 8. The van der Waals surface area contributed by atoms with E-state index >= 15 is 0 Å². The van der Waals surface area contributed by atoms with Crippen molar-refractivity contribution in [3.63, 3.8) is 0 Å². The van der Waals surface area contributed by atoms with Gasteiger partial charge < -0.3 is 47.4 Å². The molecule has 0 unspecified atom stereocenters. The largest absolute Gasteiger partial charge is 0.491 e. The summed E-state index contributed by atoms with van der Waals surface area (Å²) in [5, 5.41) is 2.74. The second-order valence-corrected chi connectivity index (χ2v) is 25.4. The van der Waals surface area contributed by atoms with E-state index in [1.807, 2.05) is 147 Å². The van der Waals surface area contributed by atoms with Gasteiger partial charge in [0.1, 0.15) is 95.3 Å². The Balaban J connectivity index is 0.000000213.